The molecule has 0 aliphatic heterocycles. The summed E-state index contributed by atoms with van der Waals surface area (Å²) in [6.45, 7) is 5.46. The monoisotopic (exact) mass is 350 g/mol. The summed E-state index contributed by atoms with van der Waals surface area (Å²) in [5.74, 6) is -0.250. The van der Waals surface area contributed by atoms with Crippen molar-refractivity contribution in [3.05, 3.63) is 63.9 Å². The number of nitrogens with zero attached hydrogens (tertiary/aromatic N) is 1. The smallest absolute Gasteiger partial charge is 0.124 e. The van der Waals surface area contributed by atoms with Crippen LogP contribution >= 0.6 is 15.9 Å². The molecule has 0 aliphatic rings. The highest BCUT2D eigenvalue weighted by Gasteiger charge is 2.20. The van der Waals surface area contributed by atoms with Crippen LogP contribution in [0.3, 0.4) is 0 Å². The SMILES string of the molecule is CCN(c1cccc(C)c1)C(CN)c1ccc(F)cc1Br. The highest BCUT2D eigenvalue weighted by molar-refractivity contribution is 9.10. The fraction of sp³-hybridized carbons (Fsp3) is 0.294. The van der Waals surface area contributed by atoms with Crippen LogP contribution in [-0.2, 0) is 0 Å². The average molecular weight is 351 g/mol. The van der Waals surface area contributed by atoms with E-state index in [0.29, 0.717) is 6.54 Å². The Balaban J connectivity index is 2.42. The van der Waals surface area contributed by atoms with Crippen molar-refractivity contribution < 1.29 is 4.39 Å². The number of nitrogens with two attached hydrogens (primary N) is 1. The summed E-state index contributed by atoms with van der Waals surface area (Å²) in [4.78, 5) is 2.24. The van der Waals surface area contributed by atoms with Crippen LogP contribution in [0.2, 0.25) is 0 Å². The molecule has 1 atom stereocenters. The zero-order valence-electron chi connectivity index (χ0n) is 12.3. The molecule has 0 heterocycles. The van der Waals surface area contributed by atoms with Crippen molar-refractivity contribution in [1.82, 2.24) is 0 Å². The van der Waals surface area contributed by atoms with Gasteiger partial charge >= 0.3 is 0 Å². The maximum atomic E-state index is 13.3. The van der Waals surface area contributed by atoms with Crippen molar-refractivity contribution in [1.29, 1.82) is 0 Å². The lowest BCUT2D eigenvalue weighted by atomic mass is 10.0. The Bertz CT molecular complexity index is 615. The first-order valence-electron chi connectivity index (χ1n) is 7.05. The number of hydrogen-bond acceptors (Lipinski definition) is 2. The quantitative estimate of drug-likeness (QED) is 0.864. The van der Waals surface area contributed by atoms with Gasteiger partial charge in [-0.3, -0.25) is 0 Å². The van der Waals surface area contributed by atoms with Gasteiger partial charge in [0.15, 0.2) is 0 Å². The van der Waals surface area contributed by atoms with Crippen molar-refractivity contribution in [2.45, 2.75) is 19.9 Å². The largest absolute Gasteiger partial charge is 0.363 e. The standard InChI is InChI=1S/C17H20BrFN2/c1-3-21(14-6-4-5-12(2)9-14)17(11-20)15-8-7-13(19)10-16(15)18/h4-10,17H,3,11,20H2,1-2H3. The zero-order valence-corrected chi connectivity index (χ0v) is 13.9. The number of likely N-dealkylation sites (N-methyl/N-ethyl adjacent to an activating group) is 1. The number of benzene rings is 2. The minimum absolute atomic E-state index is 0.00627. The van der Waals surface area contributed by atoms with Gasteiger partial charge < -0.3 is 10.6 Å². The average Bonchev–Trinajstić information content (AvgIpc) is 2.45. The Hall–Kier alpha value is -1.39. The zero-order chi connectivity index (χ0) is 15.4. The molecular formula is C17H20BrFN2. The predicted molar refractivity (Wildman–Crippen MR) is 90.1 cm³/mol. The van der Waals surface area contributed by atoms with Gasteiger partial charge in [0.25, 0.3) is 0 Å². The van der Waals surface area contributed by atoms with E-state index >= 15 is 0 Å². The van der Waals surface area contributed by atoms with Gasteiger partial charge in [-0.25, -0.2) is 4.39 Å². The van der Waals surface area contributed by atoms with Crippen LogP contribution in [0.15, 0.2) is 46.9 Å². The third-order valence-corrected chi connectivity index (χ3v) is 4.28. The molecule has 112 valence electrons. The lowest BCUT2D eigenvalue weighted by Crippen LogP contribution is -2.34. The van der Waals surface area contributed by atoms with E-state index in [4.69, 9.17) is 5.73 Å². The molecule has 2 aromatic rings. The fourth-order valence-corrected chi connectivity index (χ4v) is 3.20. The normalized spacial score (nSPS) is 12.2. The van der Waals surface area contributed by atoms with Gasteiger partial charge in [-0.2, -0.15) is 0 Å². The number of halogens is 2. The number of rotatable bonds is 5. The first-order chi connectivity index (χ1) is 10.1. The van der Waals surface area contributed by atoms with Gasteiger partial charge in [0, 0.05) is 23.2 Å². The first-order valence-corrected chi connectivity index (χ1v) is 7.84. The summed E-state index contributed by atoms with van der Waals surface area (Å²) in [6, 6.07) is 13.1. The fourth-order valence-electron chi connectivity index (χ4n) is 2.58. The van der Waals surface area contributed by atoms with Gasteiger partial charge in [-0.15, -0.1) is 0 Å². The molecule has 0 aliphatic carbocycles. The summed E-state index contributed by atoms with van der Waals surface area (Å²) in [6.07, 6.45) is 0. The molecule has 1 unspecified atom stereocenters. The molecule has 0 spiro atoms. The summed E-state index contributed by atoms with van der Waals surface area (Å²) in [5, 5.41) is 0. The second-order valence-corrected chi connectivity index (χ2v) is 5.90. The lowest BCUT2D eigenvalue weighted by molar-refractivity contribution is 0.615. The molecule has 2 N–H and O–H groups in total. The number of anilines is 1. The van der Waals surface area contributed by atoms with E-state index < -0.39 is 0 Å². The minimum Gasteiger partial charge on any atom is -0.363 e. The second-order valence-electron chi connectivity index (χ2n) is 5.04. The highest BCUT2D eigenvalue weighted by atomic mass is 79.9. The van der Waals surface area contributed by atoms with Crippen LogP contribution in [0, 0.1) is 12.7 Å². The van der Waals surface area contributed by atoms with Crippen LogP contribution in [0.5, 0.6) is 0 Å². The molecule has 2 aromatic carbocycles. The summed E-state index contributed by atoms with van der Waals surface area (Å²) in [7, 11) is 0. The van der Waals surface area contributed by atoms with E-state index in [-0.39, 0.29) is 11.9 Å². The summed E-state index contributed by atoms with van der Waals surface area (Å²) < 4.78 is 14.1. The number of aryl methyl sites for hydroxylation is 1. The maximum absolute atomic E-state index is 13.3. The Morgan fingerprint density at radius 1 is 1.24 bits per heavy atom. The molecule has 2 rings (SSSR count). The molecular weight excluding hydrogens is 331 g/mol. The van der Waals surface area contributed by atoms with E-state index in [0.717, 1.165) is 22.3 Å². The Labute approximate surface area is 133 Å². The van der Waals surface area contributed by atoms with Gasteiger partial charge in [0.1, 0.15) is 5.82 Å². The molecule has 0 amide bonds. The van der Waals surface area contributed by atoms with Gasteiger partial charge in [0.2, 0.25) is 0 Å². The Morgan fingerprint density at radius 2 is 2.00 bits per heavy atom. The van der Waals surface area contributed by atoms with Gasteiger partial charge in [-0.1, -0.05) is 34.1 Å². The second kappa shape index (κ2) is 7.05. The minimum atomic E-state index is -0.250. The summed E-state index contributed by atoms with van der Waals surface area (Å²) >= 11 is 3.45. The molecule has 21 heavy (non-hydrogen) atoms. The molecule has 4 heteroatoms. The molecule has 0 fully saturated rings. The molecule has 0 aromatic heterocycles. The predicted octanol–water partition coefficient (Wildman–Crippen LogP) is 4.42. The third kappa shape index (κ3) is 3.63. The van der Waals surface area contributed by atoms with Crippen molar-refractivity contribution in [3.63, 3.8) is 0 Å². The molecule has 0 bridgehead atoms. The third-order valence-electron chi connectivity index (χ3n) is 3.59. The summed E-state index contributed by atoms with van der Waals surface area (Å²) in [5.41, 5.74) is 9.35. The van der Waals surface area contributed by atoms with Crippen molar-refractivity contribution in [2.75, 3.05) is 18.0 Å². The van der Waals surface area contributed by atoms with Gasteiger partial charge in [0.05, 0.1) is 6.04 Å². The van der Waals surface area contributed by atoms with Crippen LogP contribution in [0.1, 0.15) is 24.1 Å². The van der Waals surface area contributed by atoms with Crippen molar-refractivity contribution in [3.8, 4) is 0 Å². The highest BCUT2D eigenvalue weighted by Crippen LogP contribution is 2.31. The van der Waals surface area contributed by atoms with Crippen molar-refractivity contribution >= 4 is 21.6 Å². The Morgan fingerprint density at radius 3 is 2.57 bits per heavy atom. The van der Waals surface area contributed by atoms with E-state index in [9.17, 15) is 4.39 Å². The molecule has 0 saturated heterocycles. The van der Waals surface area contributed by atoms with Crippen LogP contribution in [-0.4, -0.2) is 13.1 Å². The van der Waals surface area contributed by atoms with Crippen LogP contribution in [0.25, 0.3) is 0 Å². The first kappa shape index (κ1) is 16.0. The van der Waals surface area contributed by atoms with E-state index in [1.807, 2.05) is 6.07 Å². The van der Waals surface area contributed by atoms with Crippen LogP contribution in [0.4, 0.5) is 10.1 Å². The molecule has 0 radical (unpaired) electrons. The lowest BCUT2D eigenvalue weighted by Gasteiger charge is -2.33. The van der Waals surface area contributed by atoms with E-state index in [1.54, 1.807) is 6.07 Å². The van der Waals surface area contributed by atoms with E-state index in [2.05, 4.69) is 52.9 Å². The topological polar surface area (TPSA) is 29.3 Å². The molecule has 0 saturated carbocycles. The van der Waals surface area contributed by atoms with Crippen LogP contribution < -0.4 is 10.6 Å². The van der Waals surface area contributed by atoms with Crippen molar-refractivity contribution in [2.24, 2.45) is 5.73 Å². The van der Waals surface area contributed by atoms with E-state index in [1.165, 1.54) is 17.7 Å². The molecule has 2 nitrogen and oxygen atoms in total. The Kier molecular flexibility index (Phi) is 5.37. The number of hydrogen-bond donors (Lipinski definition) is 1. The maximum Gasteiger partial charge on any atom is 0.124 e. The van der Waals surface area contributed by atoms with Gasteiger partial charge in [-0.05, 0) is 49.2 Å².